The summed E-state index contributed by atoms with van der Waals surface area (Å²) in [7, 11) is 0. The van der Waals surface area contributed by atoms with Gasteiger partial charge < -0.3 is 9.84 Å². The third-order valence-electron chi connectivity index (χ3n) is 7.63. The van der Waals surface area contributed by atoms with Gasteiger partial charge in [-0.2, -0.15) is 0 Å². The highest BCUT2D eigenvalue weighted by molar-refractivity contribution is 6.30. The molecular formula is C31H37ClN2O2. The molecule has 0 aliphatic carbocycles. The average Bonchev–Trinajstić information content (AvgIpc) is 3.10. The molecule has 1 atom stereocenters. The first-order valence-corrected chi connectivity index (χ1v) is 13.7. The molecule has 0 saturated carbocycles. The SMILES string of the molecule is OC(CCC1CCN(Cc2cccc(Cl)c2)CC1)c1ccc2c(c1)CN(Cc1ccccc1)CCO2. The van der Waals surface area contributed by atoms with Gasteiger partial charge in [-0.1, -0.05) is 60.1 Å². The summed E-state index contributed by atoms with van der Waals surface area (Å²) >= 11 is 6.14. The highest BCUT2D eigenvalue weighted by Crippen LogP contribution is 2.31. The Morgan fingerprint density at radius 3 is 2.44 bits per heavy atom. The van der Waals surface area contributed by atoms with E-state index in [4.69, 9.17) is 16.3 Å². The van der Waals surface area contributed by atoms with Crippen molar-refractivity contribution in [2.75, 3.05) is 26.2 Å². The van der Waals surface area contributed by atoms with E-state index in [0.717, 1.165) is 68.4 Å². The quantitative estimate of drug-likeness (QED) is 0.382. The molecule has 2 aliphatic heterocycles. The van der Waals surface area contributed by atoms with E-state index in [1.54, 1.807) is 0 Å². The van der Waals surface area contributed by atoms with Crippen molar-refractivity contribution in [3.05, 3.63) is 100 Å². The number of aliphatic hydroxyl groups excluding tert-OH is 1. The summed E-state index contributed by atoms with van der Waals surface area (Å²) in [5.41, 5.74) is 4.79. The molecule has 1 saturated heterocycles. The van der Waals surface area contributed by atoms with Gasteiger partial charge in [0.1, 0.15) is 12.4 Å². The van der Waals surface area contributed by atoms with E-state index in [1.165, 1.54) is 29.5 Å². The van der Waals surface area contributed by atoms with Crippen LogP contribution in [0.15, 0.2) is 72.8 Å². The number of hydrogen-bond acceptors (Lipinski definition) is 4. The molecule has 5 rings (SSSR count). The van der Waals surface area contributed by atoms with Gasteiger partial charge in [-0.05, 0) is 85.6 Å². The van der Waals surface area contributed by atoms with Gasteiger partial charge in [-0.15, -0.1) is 0 Å². The third kappa shape index (κ3) is 6.89. The number of likely N-dealkylation sites (tertiary alicyclic amines) is 1. The molecule has 1 fully saturated rings. The lowest BCUT2D eigenvalue weighted by Crippen LogP contribution is -2.33. The molecule has 0 spiro atoms. The van der Waals surface area contributed by atoms with Gasteiger partial charge in [0.2, 0.25) is 0 Å². The standard InChI is InChI=1S/C31H37ClN2O2/c32-29-8-4-7-26(19-29)22-33-15-13-24(14-16-33)9-11-30(35)27-10-12-31-28(20-27)23-34(17-18-36-31)21-25-5-2-1-3-6-25/h1-8,10,12,19-20,24,30,35H,9,11,13-18,21-23H2. The lowest BCUT2D eigenvalue weighted by Gasteiger charge is -2.32. The lowest BCUT2D eigenvalue weighted by atomic mass is 9.89. The summed E-state index contributed by atoms with van der Waals surface area (Å²) in [6, 6.07) is 25.0. The summed E-state index contributed by atoms with van der Waals surface area (Å²) in [5, 5.41) is 11.8. The number of rotatable bonds is 8. The van der Waals surface area contributed by atoms with Gasteiger partial charge in [-0.3, -0.25) is 9.80 Å². The molecule has 1 unspecified atom stereocenters. The van der Waals surface area contributed by atoms with Crippen LogP contribution in [0.2, 0.25) is 5.02 Å². The van der Waals surface area contributed by atoms with Gasteiger partial charge in [0.05, 0.1) is 6.10 Å². The Hall–Kier alpha value is -2.37. The van der Waals surface area contributed by atoms with Crippen molar-refractivity contribution in [3.8, 4) is 5.75 Å². The lowest BCUT2D eigenvalue weighted by molar-refractivity contribution is 0.132. The second-order valence-electron chi connectivity index (χ2n) is 10.4. The van der Waals surface area contributed by atoms with E-state index >= 15 is 0 Å². The van der Waals surface area contributed by atoms with E-state index in [2.05, 4.69) is 58.3 Å². The molecule has 2 heterocycles. The molecule has 36 heavy (non-hydrogen) atoms. The predicted molar refractivity (Wildman–Crippen MR) is 146 cm³/mol. The maximum atomic E-state index is 11.0. The number of piperidine rings is 1. The van der Waals surface area contributed by atoms with Gasteiger partial charge in [0, 0.05) is 36.8 Å². The molecule has 3 aromatic rings. The van der Waals surface area contributed by atoms with E-state index in [9.17, 15) is 5.11 Å². The minimum atomic E-state index is -0.425. The number of ether oxygens (including phenoxy) is 1. The summed E-state index contributed by atoms with van der Waals surface area (Å²) in [6.45, 7) is 6.54. The van der Waals surface area contributed by atoms with Gasteiger partial charge in [0.25, 0.3) is 0 Å². The molecule has 4 nitrogen and oxygen atoms in total. The Bertz CT molecular complexity index is 1110. The van der Waals surface area contributed by atoms with Crippen LogP contribution in [0.25, 0.3) is 0 Å². The van der Waals surface area contributed by atoms with E-state index in [1.807, 2.05) is 24.3 Å². The number of aliphatic hydroxyl groups is 1. The zero-order valence-electron chi connectivity index (χ0n) is 21.0. The van der Waals surface area contributed by atoms with E-state index < -0.39 is 6.10 Å². The van der Waals surface area contributed by atoms with Crippen molar-refractivity contribution < 1.29 is 9.84 Å². The summed E-state index contributed by atoms with van der Waals surface area (Å²) < 4.78 is 6.03. The molecular weight excluding hydrogens is 468 g/mol. The predicted octanol–water partition coefficient (Wildman–Crippen LogP) is 6.46. The summed E-state index contributed by atoms with van der Waals surface area (Å²) in [4.78, 5) is 4.95. The fourth-order valence-corrected chi connectivity index (χ4v) is 5.75. The normalized spacial score (nSPS) is 18.3. The maximum Gasteiger partial charge on any atom is 0.123 e. The van der Waals surface area contributed by atoms with Crippen LogP contribution in [0.5, 0.6) is 5.75 Å². The first-order valence-electron chi connectivity index (χ1n) is 13.3. The van der Waals surface area contributed by atoms with Crippen LogP contribution in [-0.2, 0) is 19.6 Å². The van der Waals surface area contributed by atoms with Crippen molar-refractivity contribution in [1.82, 2.24) is 9.80 Å². The van der Waals surface area contributed by atoms with Crippen LogP contribution >= 0.6 is 11.6 Å². The largest absolute Gasteiger partial charge is 0.492 e. The van der Waals surface area contributed by atoms with Crippen LogP contribution in [-0.4, -0.2) is 41.1 Å². The number of hydrogen-bond donors (Lipinski definition) is 1. The highest BCUT2D eigenvalue weighted by Gasteiger charge is 2.22. The molecule has 0 aromatic heterocycles. The molecule has 1 N–H and O–H groups in total. The van der Waals surface area contributed by atoms with Crippen molar-refractivity contribution >= 4 is 11.6 Å². The summed E-state index contributed by atoms with van der Waals surface area (Å²) in [5.74, 6) is 1.63. The molecule has 2 aliphatic rings. The number of nitrogens with zero attached hydrogens (tertiary/aromatic N) is 2. The zero-order valence-corrected chi connectivity index (χ0v) is 21.7. The average molecular weight is 505 g/mol. The van der Waals surface area contributed by atoms with Crippen LogP contribution in [0, 0.1) is 5.92 Å². The first-order chi connectivity index (χ1) is 17.6. The molecule has 0 amide bonds. The second kappa shape index (κ2) is 12.2. The van der Waals surface area contributed by atoms with Crippen LogP contribution < -0.4 is 4.74 Å². The van der Waals surface area contributed by atoms with Crippen LogP contribution in [0.4, 0.5) is 0 Å². The smallest absolute Gasteiger partial charge is 0.123 e. The first kappa shape index (κ1) is 25.3. The van der Waals surface area contributed by atoms with E-state index in [0.29, 0.717) is 12.5 Å². The highest BCUT2D eigenvalue weighted by atomic mass is 35.5. The van der Waals surface area contributed by atoms with Gasteiger partial charge >= 0.3 is 0 Å². The minimum Gasteiger partial charge on any atom is -0.492 e. The van der Waals surface area contributed by atoms with Gasteiger partial charge in [-0.25, -0.2) is 0 Å². The Balaban J connectivity index is 1.11. The minimum absolute atomic E-state index is 0.425. The number of fused-ring (bicyclic) bond motifs is 1. The second-order valence-corrected chi connectivity index (χ2v) is 10.8. The Morgan fingerprint density at radius 1 is 0.861 bits per heavy atom. The monoisotopic (exact) mass is 504 g/mol. The van der Waals surface area contributed by atoms with E-state index in [-0.39, 0.29) is 0 Å². The third-order valence-corrected chi connectivity index (χ3v) is 7.86. The number of benzene rings is 3. The Morgan fingerprint density at radius 2 is 1.64 bits per heavy atom. The van der Waals surface area contributed by atoms with Crippen molar-refractivity contribution in [3.63, 3.8) is 0 Å². The van der Waals surface area contributed by atoms with Gasteiger partial charge in [0.15, 0.2) is 0 Å². The molecule has 190 valence electrons. The molecule has 5 heteroatoms. The number of halogens is 1. The van der Waals surface area contributed by atoms with Crippen molar-refractivity contribution in [1.29, 1.82) is 0 Å². The van der Waals surface area contributed by atoms with Crippen molar-refractivity contribution in [2.45, 2.75) is 51.4 Å². The zero-order chi connectivity index (χ0) is 24.7. The fourth-order valence-electron chi connectivity index (χ4n) is 5.54. The Labute approximate surface area is 220 Å². The van der Waals surface area contributed by atoms with Crippen LogP contribution in [0.3, 0.4) is 0 Å². The molecule has 3 aromatic carbocycles. The molecule has 0 bridgehead atoms. The van der Waals surface area contributed by atoms with Crippen LogP contribution in [0.1, 0.15) is 54.0 Å². The molecule has 0 radical (unpaired) electrons. The Kier molecular flexibility index (Phi) is 8.60. The topological polar surface area (TPSA) is 35.9 Å². The fraction of sp³-hybridized carbons (Fsp3) is 0.419. The maximum absolute atomic E-state index is 11.0. The summed E-state index contributed by atoms with van der Waals surface area (Å²) in [6.07, 6.45) is 3.84. The van der Waals surface area contributed by atoms with Crippen molar-refractivity contribution in [2.24, 2.45) is 5.92 Å².